The molecular weight excluding hydrogens is 321 g/mol. The smallest absolute Gasteiger partial charge is 0.315 e. The number of aliphatic hydroxyl groups is 1. The van der Waals surface area contributed by atoms with Crippen LogP contribution in [0.5, 0.6) is 0 Å². The van der Waals surface area contributed by atoms with Gasteiger partial charge in [0.25, 0.3) is 0 Å². The minimum absolute atomic E-state index is 0.0706. The number of nitrogens with one attached hydrogen (secondary N) is 2. The van der Waals surface area contributed by atoms with Crippen LogP contribution in [0, 0.1) is 23.6 Å². The number of fused-ring (bicyclic) bond motifs is 2. The minimum atomic E-state index is -0.227. The zero-order valence-electron chi connectivity index (χ0n) is 15.0. The Balaban J connectivity index is 1.54. The maximum absolute atomic E-state index is 13.8. The highest BCUT2D eigenvalue weighted by atomic mass is 19.1. The zero-order chi connectivity index (χ0) is 18.0. The van der Waals surface area contributed by atoms with Crippen molar-refractivity contribution in [1.82, 2.24) is 15.5 Å². The van der Waals surface area contributed by atoms with Crippen LogP contribution >= 0.6 is 0 Å². The number of benzene rings is 1. The lowest BCUT2D eigenvalue weighted by atomic mass is 9.85. The molecule has 0 aromatic heterocycles. The van der Waals surface area contributed by atoms with E-state index in [1.807, 2.05) is 19.0 Å². The predicted octanol–water partition coefficient (Wildman–Crippen LogP) is 2.09. The van der Waals surface area contributed by atoms with Gasteiger partial charge in [-0.3, -0.25) is 0 Å². The Labute approximate surface area is 148 Å². The number of urea groups is 1. The summed E-state index contributed by atoms with van der Waals surface area (Å²) in [5.41, 5.74) is 1.50. The number of rotatable bonds is 6. The highest BCUT2D eigenvalue weighted by molar-refractivity contribution is 5.74. The third kappa shape index (κ3) is 4.12. The minimum Gasteiger partial charge on any atom is -0.396 e. The van der Waals surface area contributed by atoms with Gasteiger partial charge in [-0.25, -0.2) is 9.18 Å². The molecule has 2 fully saturated rings. The number of hydrogen-bond acceptors (Lipinski definition) is 3. The number of halogens is 1. The van der Waals surface area contributed by atoms with Gasteiger partial charge < -0.3 is 20.6 Å². The first-order valence-electron chi connectivity index (χ1n) is 9.05. The molecular formula is C19H28FN3O2. The fourth-order valence-electron chi connectivity index (χ4n) is 4.48. The first-order chi connectivity index (χ1) is 12.0. The van der Waals surface area contributed by atoms with Crippen molar-refractivity contribution in [1.29, 1.82) is 0 Å². The van der Waals surface area contributed by atoms with Gasteiger partial charge >= 0.3 is 6.03 Å². The van der Waals surface area contributed by atoms with Crippen LogP contribution < -0.4 is 10.6 Å². The molecule has 0 spiro atoms. The van der Waals surface area contributed by atoms with Crippen molar-refractivity contribution in [3.63, 3.8) is 0 Å². The van der Waals surface area contributed by atoms with E-state index in [1.165, 1.54) is 12.5 Å². The van der Waals surface area contributed by atoms with E-state index in [0.29, 0.717) is 30.5 Å². The van der Waals surface area contributed by atoms with E-state index in [1.54, 1.807) is 12.1 Å². The van der Waals surface area contributed by atoms with E-state index in [4.69, 9.17) is 0 Å². The van der Waals surface area contributed by atoms with Crippen molar-refractivity contribution in [2.24, 2.45) is 17.8 Å². The molecule has 0 heterocycles. The predicted molar refractivity (Wildman–Crippen MR) is 94.4 cm³/mol. The van der Waals surface area contributed by atoms with E-state index in [-0.39, 0.29) is 30.4 Å². The Hall–Kier alpha value is -1.66. The highest BCUT2D eigenvalue weighted by Gasteiger charge is 2.47. The van der Waals surface area contributed by atoms with Gasteiger partial charge in [-0.15, -0.1) is 0 Å². The van der Waals surface area contributed by atoms with Gasteiger partial charge in [-0.05, 0) is 62.9 Å². The Morgan fingerprint density at radius 3 is 2.80 bits per heavy atom. The number of carbonyl (C=O) groups is 1. The number of aliphatic hydroxyl groups excluding tert-OH is 1. The largest absolute Gasteiger partial charge is 0.396 e. The van der Waals surface area contributed by atoms with Crippen molar-refractivity contribution in [3.05, 3.63) is 35.1 Å². The van der Waals surface area contributed by atoms with Gasteiger partial charge in [0.05, 0.1) is 0 Å². The van der Waals surface area contributed by atoms with Gasteiger partial charge in [0.1, 0.15) is 5.82 Å². The lowest BCUT2D eigenvalue weighted by molar-refractivity contribution is 0.144. The molecule has 0 radical (unpaired) electrons. The summed E-state index contributed by atoms with van der Waals surface area (Å²) in [5, 5.41) is 15.5. The summed E-state index contributed by atoms with van der Waals surface area (Å²) in [5.74, 6) is 0.994. The van der Waals surface area contributed by atoms with Crippen molar-refractivity contribution in [3.8, 4) is 0 Å². The SMILES string of the molecule is CN(C)Cc1cc(CNC(=O)NC2C3CCC(C3)C2CO)ccc1F. The molecule has 2 aliphatic rings. The molecule has 3 N–H and O–H groups in total. The molecule has 0 aliphatic heterocycles. The molecule has 6 heteroatoms. The topological polar surface area (TPSA) is 64.6 Å². The molecule has 25 heavy (non-hydrogen) atoms. The van der Waals surface area contributed by atoms with Crippen LogP contribution in [0.4, 0.5) is 9.18 Å². The molecule has 4 atom stereocenters. The van der Waals surface area contributed by atoms with Crippen molar-refractivity contribution < 1.29 is 14.3 Å². The van der Waals surface area contributed by atoms with Crippen LogP contribution in [0.1, 0.15) is 30.4 Å². The molecule has 5 nitrogen and oxygen atoms in total. The second-order valence-electron chi connectivity index (χ2n) is 7.70. The Morgan fingerprint density at radius 1 is 1.32 bits per heavy atom. The van der Waals surface area contributed by atoms with Crippen LogP contribution in [0.15, 0.2) is 18.2 Å². The van der Waals surface area contributed by atoms with Crippen LogP contribution in [0.3, 0.4) is 0 Å². The maximum Gasteiger partial charge on any atom is 0.315 e. The van der Waals surface area contributed by atoms with Crippen molar-refractivity contribution in [2.75, 3.05) is 20.7 Å². The number of nitrogens with zero attached hydrogens (tertiary/aromatic N) is 1. The number of amides is 2. The molecule has 4 unspecified atom stereocenters. The normalized spacial score (nSPS) is 27.7. The first kappa shape index (κ1) is 18.1. The van der Waals surface area contributed by atoms with Crippen LogP contribution in [0.25, 0.3) is 0 Å². The molecule has 1 aromatic carbocycles. The van der Waals surface area contributed by atoms with E-state index >= 15 is 0 Å². The van der Waals surface area contributed by atoms with Gasteiger partial charge in [0, 0.05) is 37.2 Å². The van der Waals surface area contributed by atoms with Gasteiger partial charge in [-0.1, -0.05) is 6.07 Å². The molecule has 138 valence electrons. The zero-order valence-corrected chi connectivity index (χ0v) is 15.0. The van der Waals surface area contributed by atoms with Gasteiger partial charge in [0.2, 0.25) is 0 Å². The Kier molecular flexibility index (Phi) is 5.59. The Morgan fingerprint density at radius 2 is 2.08 bits per heavy atom. The van der Waals surface area contributed by atoms with Gasteiger partial charge in [0.15, 0.2) is 0 Å². The average Bonchev–Trinajstić information content (AvgIpc) is 3.16. The number of carbonyl (C=O) groups excluding carboxylic acids is 1. The first-order valence-corrected chi connectivity index (χ1v) is 9.05. The molecule has 0 saturated heterocycles. The summed E-state index contributed by atoms with van der Waals surface area (Å²) in [4.78, 5) is 14.2. The lowest BCUT2D eigenvalue weighted by Crippen LogP contribution is -2.48. The van der Waals surface area contributed by atoms with Gasteiger partial charge in [-0.2, -0.15) is 0 Å². The van der Waals surface area contributed by atoms with Crippen LogP contribution in [0.2, 0.25) is 0 Å². The second kappa shape index (κ2) is 7.70. The monoisotopic (exact) mass is 349 g/mol. The molecule has 2 bridgehead atoms. The van der Waals surface area contributed by atoms with E-state index in [2.05, 4.69) is 10.6 Å². The molecule has 2 amide bonds. The fourth-order valence-corrected chi connectivity index (χ4v) is 4.48. The third-order valence-corrected chi connectivity index (χ3v) is 5.65. The summed E-state index contributed by atoms with van der Waals surface area (Å²) in [6, 6.07) is 4.80. The summed E-state index contributed by atoms with van der Waals surface area (Å²) >= 11 is 0. The van der Waals surface area contributed by atoms with E-state index in [9.17, 15) is 14.3 Å². The standard InChI is InChI=1S/C19H28FN3O2/c1-23(2)10-15-7-12(3-6-17(15)20)9-21-19(25)22-18-14-5-4-13(8-14)16(18)11-24/h3,6-7,13-14,16,18,24H,4-5,8-11H2,1-2H3,(H2,21,22,25). The molecule has 3 rings (SSSR count). The highest BCUT2D eigenvalue weighted by Crippen LogP contribution is 2.48. The van der Waals surface area contributed by atoms with Crippen LogP contribution in [-0.4, -0.2) is 42.8 Å². The van der Waals surface area contributed by atoms with Crippen molar-refractivity contribution in [2.45, 2.75) is 38.4 Å². The second-order valence-corrected chi connectivity index (χ2v) is 7.70. The summed E-state index contributed by atoms with van der Waals surface area (Å²) in [7, 11) is 3.79. The van der Waals surface area contributed by atoms with Crippen molar-refractivity contribution >= 4 is 6.03 Å². The quantitative estimate of drug-likeness (QED) is 0.737. The number of hydrogen-bond donors (Lipinski definition) is 3. The average molecular weight is 349 g/mol. The third-order valence-electron chi connectivity index (χ3n) is 5.65. The van der Waals surface area contributed by atoms with E-state index < -0.39 is 0 Å². The van der Waals surface area contributed by atoms with E-state index in [0.717, 1.165) is 18.4 Å². The maximum atomic E-state index is 13.8. The van der Waals surface area contributed by atoms with Crippen LogP contribution in [-0.2, 0) is 13.1 Å². The molecule has 2 aliphatic carbocycles. The lowest BCUT2D eigenvalue weighted by Gasteiger charge is -2.30. The summed E-state index contributed by atoms with van der Waals surface area (Å²) < 4.78 is 13.8. The Bertz CT molecular complexity index is 623. The molecule has 1 aromatic rings. The summed E-state index contributed by atoms with van der Waals surface area (Å²) in [6.45, 7) is 1.02. The summed E-state index contributed by atoms with van der Waals surface area (Å²) in [6.07, 6.45) is 3.42. The molecule has 2 saturated carbocycles. The fraction of sp³-hybridized carbons (Fsp3) is 0.632.